The quantitative estimate of drug-likeness (QED) is 0.776. The molecule has 0 saturated heterocycles. The van der Waals surface area contributed by atoms with E-state index in [2.05, 4.69) is 17.2 Å². The fourth-order valence-corrected chi connectivity index (χ4v) is 3.02. The predicted octanol–water partition coefficient (Wildman–Crippen LogP) is 1.56. The van der Waals surface area contributed by atoms with Gasteiger partial charge in [0.25, 0.3) is 0 Å². The van der Waals surface area contributed by atoms with Crippen LogP contribution >= 0.6 is 0 Å². The molecule has 2 N–H and O–H groups in total. The Morgan fingerprint density at radius 1 is 1.29 bits per heavy atom. The number of fused-ring (bicyclic) bond motifs is 1. The molecule has 1 aromatic carbocycles. The van der Waals surface area contributed by atoms with Gasteiger partial charge in [-0.25, -0.2) is 0 Å². The zero-order chi connectivity index (χ0) is 17.0. The first kappa shape index (κ1) is 16.4. The Balaban J connectivity index is 1.48. The summed E-state index contributed by atoms with van der Waals surface area (Å²) >= 11 is 0. The Hall–Kier alpha value is -2.50. The molecule has 1 aliphatic heterocycles. The second-order valence-corrected chi connectivity index (χ2v) is 6.31. The topological polar surface area (TPSA) is 76.7 Å². The summed E-state index contributed by atoms with van der Waals surface area (Å²) in [5.41, 5.74) is -0.425. The van der Waals surface area contributed by atoms with E-state index in [0.29, 0.717) is 18.9 Å². The number of hydrogen-bond donors (Lipinski definition) is 2. The molecule has 128 valence electrons. The summed E-state index contributed by atoms with van der Waals surface area (Å²) in [6, 6.07) is 7.47. The van der Waals surface area contributed by atoms with Crippen molar-refractivity contribution in [3.63, 3.8) is 0 Å². The molecule has 3 rings (SSSR count). The van der Waals surface area contributed by atoms with Crippen LogP contribution < -0.4 is 20.1 Å². The second kappa shape index (κ2) is 6.95. The molecule has 24 heavy (non-hydrogen) atoms. The molecule has 0 bridgehead atoms. The average Bonchev–Trinajstić information content (AvgIpc) is 2.57. The monoisotopic (exact) mass is 330 g/mol. The molecule has 2 amide bonds. The van der Waals surface area contributed by atoms with E-state index in [1.807, 2.05) is 24.3 Å². The first-order valence-corrected chi connectivity index (χ1v) is 8.20. The Bertz CT molecular complexity index is 640. The van der Waals surface area contributed by atoms with Crippen molar-refractivity contribution in [3.05, 3.63) is 36.9 Å². The molecule has 1 fully saturated rings. The van der Waals surface area contributed by atoms with Crippen LogP contribution in [0.3, 0.4) is 0 Å². The first-order valence-electron chi connectivity index (χ1n) is 8.20. The van der Waals surface area contributed by atoms with E-state index in [1.54, 1.807) is 0 Å². The number of benzene rings is 1. The fourth-order valence-electron chi connectivity index (χ4n) is 3.02. The number of rotatable bonds is 6. The van der Waals surface area contributed by atoms with E-state index < -0.39 is 5.54 Å². The number of amides is 2. The van der Waals surface area contributed by atoms with Crippen molar-refractivity contribution in [1.29, 1.82) is 0 Å². The lowest BCUT2D eigenvalue weighted by Crippen LogP contribution is -2.56. The molecule has 2 aliphatic rings. The standard InChI is InChI=1S/C18H22N2O4/c1-2-16(21)20-18(8-5-9-18)10-17(22)19-11-13-12-23-14-6-3-4-7-15(14)24-13/h2-4,6-7,13H,1,5,8-12H2,(H,19,22)(H,20,21). The van der Waals surface area contributed by atoms with Gasteiger partial charge in [-0.05, 0) is 37.5 Å². The molecule has 1 aromatic rings. The molecule has 0 spiro atoms. The van der Waals surface area contributed by atoms with Gasteiger partial charge in [0, 0.05) is 12.0 Å². The van der Waals surface area contributed by atoms with Crippen molar-refractivity contribution in [3.8, 4) is 11.5 Å². The summed E-state index contributed by atoms with van der Waals surface area (Å²) < 4.78 is 11.4. The summed E-state index contributed by atoms with van der Waals surface area (Å²) in [4.78, 5) is 23.8. The highest BCUT2D eigenvalue weighted by Gasteiger charge is 2.39. The van der Waals surface area contributed by atoms with Crippen LogP contribution in [0.2, 0.25) is 0 Å². The molecular formula is C18H22N2O4. The molecular weight excluding hydrogens is 308 g/mol. The lowest BCUT2D eigenvalue weighted by atomic mass is 9.74. The van der Waals surface area contributed by atoms with E-state index >= 15 is 0 Å². The molecule has 1 atom stereocenters. The van der Waals surface area contributed by atoms with Crippen molar-refractivity contribution in [2.24, 2.45) is 0 Å². The number of hydrogen-bond acceptors (Lipinski definition) is 4. The summed E-state index contributed by atoms with van der Waals surface area (Å²) in [7, 11) is 0. The Morgan fingerprint density at radius 3 is 2.71 bits per heavy atom. The minimum Gasteiger partial charge on any atom is -0.486 e. The predicted molar refractivity (Wildman–Crippen MR) is 88.9 cm³/mol. The van der Waals surface area contributed by atoms with Gasteiger partial charge in [-0.15, -0.1) is 0 Å². The van der Waals surface area contributed by atoms with Crippen molar-refractivity contribution in [1.82, 2.24) is 10.6 Å². The van der Waals surface area contributed by atoms with E-state index in [9.17, 15) is 9.59 Å². The molecule has 1 unspecified atom stereocenters. The van der Waals surface area contributed by atoms with Crippen LogP contribution in [0.1, 0.15) is 25.7 Å². The second-order valence-electron chi connectivity index (χ2n) is 6.31. The Morgan fingerprint density at radius 2 is 2.04 bits per heavy atom. The Labute approximate surface area is 141 Å². The molecule has 6 nitrogen and oxygen atoms in total. The summed E-state index contributed by atoms with van der Waals surface area (Å²) in [6.07, 6.45) is 3.94. The highest BCUT2D eigenvalue weighted by atomic mass is 16.6. The maximum Gasteiger partial charge on any atom is 0.243 e. The number of para-hydroxylation sites is 2. The lowest BCUT2D eigenvalue weighted by molar-refractivity contribution is -0.125. The lowest BCUT2D eigenvalue weighted by Gasteiger charge is -2.42. The van der Waals surface area contributed by atoms with Crippen LogP contribution in [0.25, 0.3) is 0 Å². The summed E-state index contributed by atoms with van der Waals surface area (Å²) in [6.45, 7) is 4.23. The zero-order valence-electron chi connectivity index (χ0n) is 13.5. The fraction of sp³-hybridized carbons (Fsp3) is 0.444. The normalized spacial score (nSPS) is 20.4. The minimum absolute atomic E-state index is 0.0958. The van der Waals surface area contributed by atoms with Crippen LogP contribution in [-0.4, -0.2) is 36.6 Å². The number of carbonyl (C=O) groups excluding carboxylic acids is 2. The van der Waals surface area contributed by atoms with Gasteiger partial charge in [0.05, 0.1) is 6.54 Å². The molecule has 1 aliphatic carbocycles. The van der Waals surface area contributed by atoms with Crippen LogP contribution in [0.15, 0.2) is 36.9 Å². The summed E-state index contributed by atoms with van der Waals surface area (Å²) in [5.74, 6) is 1.09. The van der Waals surface area contributed by atoms with Gasteiger partial charge >= 0.3 is 0 Å². The third-order valence-electron chi connectivity index (χ3n) is 4.48. The molecule has 6 heteroatoms. The van der Waals surface area contributed by atoms with Crippen molar-refractivity contribution >= 4 is 11.8 Å². The van der Waals surface area contributed by atoms with Gasteiger partial charge in [0.15, 0.2) is 11.5 Å². The van der Waals surface area contributed by atoms with Gasteiger partial charge < -0.3 is 20.1 Å². The van der Waals surface area contributed by atoms with Gasteiger partial charge in [-0.2, -0.15) is 0 Å². The van der Waals surface area contributed by atoms with E-state index in [4.69, 9.17) is 9.47 Å². The van der Waals surface area contributed by atoms with Crippen molar-refractivity contribution in [2.75, 3.05) is 13.2 Å². The maximum absolute atomic E-state index is 12.2. The highest BCUT2D eigenvalue weighted by molar-refractivity contribution is 5.88. The number of carbonyl (C=O) groups is 2. The molecule has 1 saturated carbocycles. The van der Waals surface area contributed by atoms with Crippen molar-refractivity contribution in [2.45, 2.75) is 37.3 Å². The first-order chi connectivity index (χ1) is 11.6. The van der Waals surface area contributed by atoms with Crippen LogP contribution in [0.4, 0.5) is 0 Å². The largest absolute Gasteiger partial charge is 0.486 e. The SMILES string of the molecule is C=CC(=O)NC1(CC(=O)NCC2COc3ccccc3O2)CCC1. The Kier molecular flexibility index (Phi) is 4.74. The number of ether oxygens (including phenoxy) is 2. The summed E-state index contributed by atoms with van der Waals surface area (Å²) in [5, 5.41) is 5.76. The highest BCUT2D eigenvalue weighted by Crippen LogP contribution is 2.35. The third kappa shape index (κ3) is 3.69. The van der Waals surface area contributed by atoms with Gasteiger partial charge in [0.2, 0.25) is 11.8 Å². The van der Waals surface area contributed by atoms with E-state index in [1.165, 1.54) is 6.08 Å². The smallest absolute Gasteiger partial charge is 0.243 e. The molecule has 0 aromatic heterocycles. The van der Waals surface area contributed by atoms with Crippen LogP contribution in [0.5, 0.6) is 11.5 Å². The van der Waals surface area contributed by atoms with Gasteiger partial charge in [0.1, 0.15) is 12.7 Å². The zero-order valence-corrected chi connectivity index (χ0v) is 13.5. The van der Waals surface area contributed by atoms with Gasteiger partial charge in [-0.1, -0.05) is 18.7 Å². The molecule has 1 heterocycles. The molecule has 0 radical (unpaired) electrons. The minimum atomic E-state index is -0.425. The number of nitrogens with one attached hydrogen (secondary N) is 2. The maximum atomic E-state index is 12.2. The van der Waals surface area contributed by atoms with Gasteiger partial charge in [-0.3, -0.25) is 9.59 Å². The van der Waals surface area contributed by atoms with E-state index in [-0.39, 0.29) is 24.3 Å². The average molecular weight is 330 g/mol. The van der Waals surface area contributed by atoms with Crippen LogP contribution in [-0.2, 0) is 9.59 Å². The third-order valence-corrected chi connectivity index (χ3v) is 4.48. The van der Waals surface area contributed by atoms with Crippen molar-refractivity contribution < 1.29 is 19.1 Å². The van der Waals surface area contributed by atoms with Crippen LogP contribution in [0, 0.1) is 0 Å². The van der Waals surface area contributed by atoms with E-state index in [0.717, 1.165) is 25.0 Å².